The van der Waals surface area contributed by atoms with Gasteiger partial charge in [0.15, 0.2) is 8.68 Å². The summed E-state index contributed by atoms with van der Waals surface area (Å²) >= 11 is 4.74. The number of carbonyl (C=O) groups excluding carboxylic acids is 1. The summed E-state index contributed by atoms with van der Waals surface area (Å²) in [6.07, 6.45) is 0. The van der Waals surface area contributed by atoms with E-state index in [1.54, 1.807) is 23.1 Å². The van der Waals surface area contributed by atoms with Crippen LogP contribution in [0.25, 0.3) is 0 Å². The SMILES string of the molecule is Cc1cccc(C)c1NC(=O)[C@H](C)Sc1nnc(SCC(C)C)s1. The molecule has 1 heterocycles. The second kappa shape index (κ2) is 8.87. The smallest absolute Gasteiger partial charge is 0.237 e. The number of anilines is 1. The first-order valence-corrected chi connectivity index (χ1v) is 10.5. The lowest BCUT2D eigenvalue weighted by atomic mass is 10.1. The number of amides is 1. The molecule has 0 aliphatic carbocycles. The van der Waals surface area contributed by atoms with Crippen LogP contribution in [0, 0.1) is 19.8 Å². The van der Waals surface area contributed by atoms with Gasteiger partial charge in [0.1, 0.15) is 0 Å². The molecule has 1 atom stereocenters. The van der Waals surface area contributed by atoms with Crippen molar-refractivity contribution in [2.75, 3.05) is 11.1 Å². The second-order valence-electron chi connectivity index (χ2n) is 6.05. The normalized spacial score (nSPS) is 12.4. The average molecular weight is 382 g/mol. The summed E-state index contributed by atoms with van der Waals surface area (Å²) in [5.74, 6) is 1.64. The van der Waals surface area contributed by atoms with Crippen LogP contribution in [0.15, 0.2) is 26.9 Å². The lowest BCUT2D eigenvalue weighted by molar-refractivity contribution is -0.115. The van der Waals surface area contributed by atoms with Crippen LogP contribution in [0.5, 0.6) is 0 Å². The molecule has 130 valence electrons. The van der Waals surface area contributed by atoms with Gasteiger partial charge in [0, 0.05) is 11.4 Å². The van der Waals surface area contributed by atoms with E-state index < -0.39 is 0 Å². The van der Waals surface area contributed by atoms with Crippen molar-refractivity contribution in [1.82, 2.24) is 10.2 Å². The van der Waals surface area contributed by atoms with Crippen LogP contribution in [-0.4, -0.2) is 27.1 Å². The summed E-state index contributed by atoms with van der Waals surface area (Å²) in [6, 6.07) is 6.00. The van der Waals surface area contributed by atoms with Gasteiger partial charge in [-0.25, -0.2) is 0 Å². The zero-order valence-electron chi connectivity index (χ0n) is 14.6. The summed E-state index contributed by atoms with van der Waals surface area (Å²) in [4.78, 5) is 12.5. The monoisotopic (exact) mass is 381 g/mol. The van der Waals surface area contributed by atoms with Crippen LogP contribution in [-0.2, 0) is 4.79 Å². The fourth-order valence-electron chi connectivity index (χ4n) is 1.98. The molecule has 0 aliphatic heterocycles. The number of carbonyl (C=O) groups is 1. The van der Waals surface area contributed by atoms with Gasteiger partial charge in [-0.15, -0.1) is 10.2 Å². The standard InChI is InChI=1S/C17H23N3OS3/c1-10(2)9-22-16-19-20-17(24-16)23-13(5)15(21)18-14-11(3)7-6-8-12(14)4/h6-8,10,13H,9H2,1-5H3,(H,18,21)/t13-/m0/s1. The Morgan fingerprint density at radius 1 is 1.17 bits per heavy atom. The van der Waals surface area contributed by atoms with Gasteiger partial charge in [0.2, 0.25) is 5.91 Å². The summed E-state index contributed by atoms with van der Waals surface area (Å²) in [5, 5.41) is 11.2. The zero-order valence-corrected chi connectivity index (χ0v) is 17.1. The minimum Gasteiger partial charge on any atom is -0.325 e. The molecular formula is C17H23N3OS3. The molecule has 0 radical (unpaired) electrons. The molecule has 1 aromatic carbocycles. The summed E-state index contributed by atoms with van der Waals surface area (Å²) < 4.78 is 1.80. The van der Waals surface area contributed by atoms with Crippen LogP contribution in [0.2, 0.25) is 0 Å². The highest BCUT2D eigenvalue weighted by Gasteiger charge is 2.18. The Kier molecular flexibility index (Phi) is 7.13. The molecule has 0 bridgehead atoms. The van der Waals surface area contributed by atoms with Crippen molar-refractivity contribution in [2.24, 2.45) is 5.92 Å². The van der Waals surface area contributed by atoms with E-state index in [1.165, 1.54) is 11.8 Å². The Hall–Kier alpha value is -1.05. The maximum Gasteiger partial charge on any atom is 0.237 e. The molecule has 1 amide bonds. The third kappa shape index (κ3) is 5.50. The molecular weight excluding hydrogens is 358 g/mol. The molecule has 1 aromatic heterocycles. The number of benzene rings is 1. The number of hydrogen-bond acceptors (Lipinski definition) is 6. The summed E-state index contributed by atoms with van der Waals surface area (Å²) in [5.41, 5.74) is 3.05. The van der Waals surface area contributed by atoms with E-state index in [0.29, 0.717) is 5.92 Å². The first kappa shape index (κ1) is 19.3. The minimum atomic E-state index is -0.222. The molecule has 0 saturated heterocycles. The van der Waals surface area contributed by atoms with Crippen molar-refractivity contribution in [1.29, 1.82) is 0 Å². The van der Waals surface area contributed by atoms with Gasteiger partial charge in [-0.1, -0.05) is 66.9 Å². The van der Waals surface area contributed by atoms with E-state index in [-0.39, 0.29) is 11.2 Å². The number of aromatic nitrogens is 2. The number of thioether (sulfide) groups is 2. The van der Waals surface area contributed by atoms with Crippen LogP contribution >= 0.6 is 34.9 Å². The number of para-hydroxylation sites is 1. The van der Waals surface area contributed by atoms with Gasteiger partial charge in [-0.3, -0.25) is 4.79 Å². The molecule has 2 rings (SSSR count). The van der Waals surface area contributed by atoms with Gasteiger partial charge in [-0.2, -0.15) is 0 Å². The van der Waals surface area contributed by atoms with E-state index in [0.717, 1.165) is 31.2 Å². The summed E-state index contributed by atoms with van der Waals surface area (Å²) in [6.45, 7) is 10.3. The van der Waals surface area contributed by atoms with Gasteiger partial charge < -0.3 is 5.32 Å². The Bertz CT molecular complexity index is 680. The lowest BCUT2D eigenvalue weighted by Gasteiger charge is -2.14. The molecule has 7 heteroatoms. The van der Waals surface area contributed by atoms with Crippen LogP contribution in [0.3, 0.4) is 0 Å². The molecule has 0 fully saturated rings. The number of hydrogen-bond donors (Lipinski definition) is 1. The van der Waals surface area contributed by atoms with E-state index in [9.17, 15) is 4.79 Å². The molecule has 0 spiro atoms. The first-order chi connectivity index (χ1) is 11.4. The number of rotatable bonds is 7. The first-order valence-electron chi connectivity index (χ1n) is 7.87. The van der Waals surface area contributed by atoms with E-state index in [2.05, 4.69) is 29.4 Å². The Balaban J connectivity index is 1.94. The second-order valence-corrected chi connectivity index (χ2v) is 9.89. The van der Waals surface area contributed by atoms with Crippen molar-refractivity contribution in [3.8, 4) is 0 Å². The number of nitrogens with zero attached hydrogens (tertiary/aromatic N) is 2. The van der Waals surface area contributed by atoms with Crippen molar-refractivity contribution in [3.05, 3.63) is 29.3 Å². The van der Waals surface area contributed by atoms with Crippen molar-refractivity contribution >= 4 is 46.5 Å². The zero-order chi connectivity index (χ0) is 17.7. The van der Waals surface area contributed by atoms with Crippen molar-refractivity contribution in [2.45, 2.75) is 48.5 Å². The predicted molar refractivity (Wildman–Crippen MR) is 105 cm³/mol. The number of aryl methyl sites for hydroxylation is 2. The van der Waals surface area contributed by atoms with E-state index >= 15 is 0 Å². The molecule has 4 nitrogen and oxygen atoms in total. The Morgan fingerprint density at radius 3 is 2.42 bits per heavy atom. The molecule has 24 heavy (non-hydrogen) atoms. The predicted octanol–water partition coefficient (Wildman–Crippen LogP) is 5.02. The van der Waals surface area contributed by atoms with E-state index in [1.807, 2.05) is 39.0 Å². The van der Waals surface area contributed by atoms with E-state index in [4.69, 9.17) is 0 Å². The highest BCUT2D eigenvalue weighted by Crippen LogP contribution is 2.32. The maximum absolute atomic E-state index is 12.5. The maximum atomic E-state index is 12.5. The highest BCUT2D eigenvalue weighted by molar-refractivity contribution is 8.03. The molecule has 0 unspecified atom stereocenters. The molecule has 0 aliphatic rings. The van der Waals surface area contributed by atoms with Crippen LogP contribution in [0.4, 0.5) is 5.69 Å². The van der Waals surface area contributed by atoms with Gasteiger partial charge >= 0.3 is 0 Å². The third-order valence-electron chi connectivity index (χ3n) is 3.30. The molecule has 0 saturated carbocycles. The van der Waals surface area contributed by atoms with Crippen LogP contribution in [0.1, 0.15) is 31.9 Å². The fourth-order valence-corrected chi connectivity index (χ4v) is 5.12. The molecule has 2 aromatic rings. The minimum absolute atomic E-state index is 0.0102. The number of nitrogens with one attached hydrogen (secondary N) is 1. The lowest BCUT2D eigenvalue weighted by Crippen LogP contribution is -2.23. The average Bonchev–Trinajstić information content (AvgIpc) is 2.96. The van der Waals surface area contributed by atoms with Gasteiger partial charge in [0.05, 0.1) is 5.25 Å². The Labute approximate surface area is 156 Å². The van der Waals surface area contributed by atoms with Gasteiger partial charge in [0.25, 0.3) is 0 Å². The topological polar surface area (TPSA) is 54.9 Å². The highest BCUT2D eigenvalue weighted by atomic mass is 32.2. The largest absolute Gasteiger partial charge is 0.325 e. The molecule has 1 N–H and O–H groups in total. The van der Waals surface area contributed by atoms with Gasteiger partial charge in [-0.05, 0) is 37.8 Å². The summed E-state index contributed by atoms with van der Waals surface area (Å²) in [7, 11) is 0. The fraction of sp³-hybridized carbons (Fsp3) is 0.471. The quantitative estimate of drug-likeness (QED) is 0.682. The van der Waals surface area contributed by atoms with Crippen molar-refractivity contribution < 1.29 is 4.79 Å². The third-order valence-corrected chi connectivity index (χ3v) is 6.97. The Morgan fingerprint density at radius 2 is 1.79 bits per heavy atom. The van der Waals surface area contributed by atoms with Crippen molar-refractivity contribution in [3.63, 3.8) is 0 Å². The van der Waals surface area contributed by atoms with Crippen LogP contribution < -0.4 is 5.32 Å².